The summed E-state index contributed by atoms with van der Waals surface area (Å²) in [6.07, 6.45) is 4.56. The number of aromatic nitrogens is 2. The molecule has 0 atom stereocenters. The Morgan fingerprint density at radius 1 is 1.26 bits per heavy atom. The smallest absolute Gasteiger partial charge is 0.226 e. The summed E-state index contributed by atoms with van der Waals surface area (Å²) >= 11 is 6.89. The van der Waals surface area contributed by atoms with Crippen molar-refractivity contribution < 1.29 is 9.59 Å². The lowest BCUT2D eigenvalue weighted by Gasteiger charge is -2.14. The third-order valence-corrected chi connectivity index (χ3v) is 4.57. The van der Waals surface area contributed by atoms with Crippen LogP contribution in [0.1, 0.15) is 38.5 Å². The van der Waals surface area contributed by atoms with Crippen LogP contribution in [0.4, 0.5) is 10.3 Å². The molecule has 9 heteroatoms. The summed E-state index contributed by atoms with van der Waals surface area (Å²) in [6, 6.07) is 0. The summed E-state index contributed by atoms with van der Waals surface area (Å²) < 4.78 is 0. The molecule has 128 valence electrons. The first-order chi connectivity index (χ1) is 11.2. The number of amides is 2. The molecule has 0 radical (unpaired) electrons. The van der Waals surface area contributed by atoms with Crippen molar-refractivity contribution in [3.8, 4) is 0 Å². The average Bonchev–Trinajstić information content (AvgIpc) is 3.13. The van der Waals surface area contributed by atoms with Crippen molar-refractivity contribution in [1.82, 2.24) is 15.1 Å². The van der Waals surface area contributed by atoms with E-state index in [4.69, 9.17) is 11.6 Å². The number of likely N-dealkylation sites (tertiary alicyclic amines) is 1. The molecule has 1 aromatic heterocycles. The lowest BCUT2D eigenvalue weighted by Crippen LogP contribution is -2.26. The molecule has 0 bridgehead atoms. The maximum atomic E-state index is 11.7. The minimum Gasteiger partial charge on any atom is -0.360 e. The van der Waals surface area contributed by atoms with Gasteiger partial charge in [0.2, 0.25) is 22.1 Å². The van der Waals surface area contributed by atoms with Gasteiger partial charge in [0.05, 0.1) is 0 Å². The Morgan fingerprint density at radius 3 is 2.83 bits per heavy atom. The molecule has 1 aliphatic rings. The highest BCUT2D eigenvalue weighted by Crippen LogP contribution is 2.20. The molecule has 1 fully saturated rings. The fourth-order valence-corrected chi connectivity index (χ4v) is 3.19. The maximum absolute atomic E-state index is 11.7. The molecule has 0 aliphatic carbocycles. The van der Waals surface area contributed by atoms with Crippen molar-refractivity contribution >= 4 is 45.0 Å². The fraction of sp³-hybridized carbons (Fsp3) is 0.714. The Kier molecular flexibility index (Phi) is 7.54. The number of rotatable bonds is 10. The highest BCUT2D eigenvalue weighted by atomic mass is 35.5. The molecule has 2 rings (SSSR count). The average molecular weight is 360 g/mol. The van der Waals surface area contributed by atoms with Crippen LogP contribution in [0.2, 0.25) is 0 Å². The summed E-state index contributed by atoms with van der Waals surface area (Å²) in [4.78, 5) is 25.0. The molecule has 2 amide bonds. The van der Waals surface area contributed by atoms with Gasteiger partial charge in [0.25, 0.3) is 0 Å². The molecule has 0 spiro atoms. The van der Waals surface area contributed by atoms with Gasteiger partial charge in [-0.3, -0.25) is 9.59 Å². The van der Waals surface area contributed by atoms with Crippen molar-refractivity contribution in [3.05, 3.63) is 0 Å². The predicted octanol–water partition coefficient (Wildman–Crippen LogP) is 2.31. The predicted molar refractivity (Wildman–Crippen MR) is 92.0 cm³/mol. The molecule has 2 heterocycles. The van der Waals surface area contributed by atoms with E-state index in [1.54, 1.807) is 0 Å². The Balaban J connectivity index is 1.62. The SMILES string of the molecule is O=C(CCCCCl)Nc1nnc(NCCCN2CCCC2=O)s1. The molecule has 1 aliphatic heterocycles. The van der Waals surface area contributed by atoms with Gasteiger partial charge in [-0.2, -0.15) is 0 Å². The molecular weight excluding hydrogens is 338 g/mol. The van der Waals surface area contributed by atoms with Crippen molar-refractivity contribution in [2.24, 2.45) is 0 Å². The van der Waals surface area contributed by atoms with Gasteiger partial charge in [-0.25, -0.2) is 0 Å². The molecule has 0 unspecified atom stereocenters. The van der Waals surface area contributed by atoms with Crippen LogP contribution in [0.5, 0.6) is 0 Å². The van der Waals surface area contributed by atoms with Crippen molar-refractivity contribution in [3.63, 3.8) is 0 Å². The van der Waals surface area contributed by atoms with Gasteiger partial charge in [0.1, 0.15) is 0 Å². The first-order valence-electron chi connectivity index (χ1n) is 7.90. The summed E-state index contributed by atoms with van der Waals surface area (Å²) in [5.41, 5.74) is 0. The molecule has 7 nitrogen and oxygen atoms in total. The normalized spacial score (nSPS) is 14.3. The fourth-order valence-electron chi connectivity index (χ4n) is 2.31. The second kappa shape index (κ2) is 9.67. The standard InChI is InChI=1S/C14H22ClN5O2S/c15-7-2-1-5-11(21)17-14-19-18-13(23-14)16-8-4-10-20-9-3-6-12(20)22/h1-10H2,(H,16,18)(H,17,19,21). The number of nitrogens with one attached hydrogen (secondary N) is 2. The van der Waals surface area contributed by atoms with Crippen LogP contribution >= 0.6 is 22.9 Å². The molecule has 2 N–H and O–H groups in total. The van der Waals surface area contributed by atoms with Gasteiger partial charge in [-0.1, -0.05) is 11.3 Å². The van der Waals surface area contributed by atoms with Crippen LogP contribution in [-0.4, -0.2) is 52.4 Å². The van der Waals surface area contributed by atoms with Gasteiger partial charge >= 0.3 is 0 Å². The van der Waals surface area contributed by atoms with E-state index in [-0.39, 0.29) is 11.8 Å². The largest absolute Gasteiger partial charge is 0.360 e. The van der Waals surface area contributed by atoms with Gasteiger partial charge in [0, 0.05) is 38.4 Å². The number of hydrogen-bond acceptors (Lipinski definition) is 6. The van der Waals surface area contributed by atoms with Gasteiger partial charge in [0.15, 0.2) is 0 Å². The zero-order valence-electron chi connectivity index (χ0n) is 13.0. The van der Waals surface area contributed by atoms with Crippen molar-refractivity contribution in [2.75, 3.05) is 36.1 Å². The minimum absolute atomic E-state index is 0.0645. The number of carbonyl (C=O) groups is 2. The monoisotopic (exact) mass is 359 g/mol. The lowest BCUT2D eigenvalue weighted by molar-refractivity contribution is -0.127. The van der Waals surface area contributed by atoms with E-state index in [0.717, 1.165) is 45.3 Å². The second-order valence-corrected chi connectivity index (χ2v) is 6.73. The van der Waals surface area contributed by atoms with Crippen LogP contribution in [0.25, 0.3) is 0 Å². The van der Waals surface area contributed by atoms with Crippen LogP contribution in [0.15, 0.2) is 0 Å². The van der Waals surface area contributed by atoms with E-state index in [2.05, 4.69) is 20.8 Å². The topological polar surface area (TPSA) is 87.2 Å². The molecule has 0 aromatic carbocycles. The van der Waals surface area contributed by atoms with Crippen LogP contribution in [0.3, 0.4) is 0 Å². The summed E-state index contributed by atoms with van der Waals surface area (Å²) in [5.74, 6) is 0.758. The number of alkyl halides is 1. The molecule has 1 saturated heterocycles. The van der Waals surface area contributed by atoms with Crippen LogP contribution in [0, 0.1) is 0 Å². The van der Waals surface area contributed by atoms with E-state index in [1.165, 1.54) is 11.3 Å². The van der Waals surface area contributed by atoms with E-state index in [0.29, 0.717) is 29.0 Å². The van der Waals surface area contributed by atoms with Crippen molar-refractivity contribution in [1.29, 1.82) is 0 Å². The third kappa shape index (κ3) is 6.31. The molecule has 0 saturated carbocycles. The van der Waals surface area contributed by atoms with Gasteiger partial charge in [-0.05, 0) is 25.7 Å². The Hall–Kier alpha value is -1.41. The number of halogens is 1. The van der Waals surface area contributed by atoms with E-state index in [1.807, 2.05) is 4.90 Å². The van der Waals surface area contributed by atoms with E-state index in [9.17, 15) is 9.59 Å². The number of hydrogen-bond donors (Lipinski definition) is 2. The van der Waals surface area contributed by atoms with E-state index >= 15 is 0 Å². The zero-order valence-corrected chi connectivity index (χ0v) is 14.6. The highest BCUT2D eigenvalue weighted by molar-refractivity contribution is 7.19. The number of anilines is 2. The second-order valence-electron chi connectivity index (χ2n) is 5.37. The van der Waals surface area contributed by atoms with Crippen molar-refractivity contribution in [2.45, 2.75) is 38.5 Å². The molecule has 1 aromatic rings. The summed E-state index contributed by atoms with van der Waals surface area (Å²) in [5, 5.41) is 15.0. The number of nitrogens with zero attached hydrogens (tertiary/aromatic N) is 3. The first-order valence-corrected chi connectivity index (χ1v) is 9.25. The maximum Gasteiger partial charge on any atom is 0.226 e. The third-order valence-electron chi connectivity index (χ3n) is 3.51. The summed E-state index contributed by atoms with van der Waals surface area (Å²) in [7, 11) is 0. The summed E-state index contributed by atoms with van der Waals surface area (Å²) in [6.45, 7) is 2.37. The Labute approximate surface area is 144 Å². The van der Waals surface area contributed by atoms with Gasteiger partial charge < -0.3 is 15.5 Å². The lowest BCUT2D eigenvalue weighted by atomic mass is 10.2. The number of unbranched alkanes of at least 4 members (excludes halogenated alkanes) is 1. The first kappa shape index (κ1) is 17.9. The molecular formula is C14H22ClN5O2S. The molecule has 23 heavy (non-hydrogen) atoms. The van der Waals surface area contributed by atoms with E-state index < -0.39 is 0 Å². The Morgan fingerprint density at radius 2 is 2.09 bits per heavy atom. The van der Waals surface area contributed by atoms with Gasteiger partial charge in [-0.15, -0.1) is 21.8 Å². The zero-order chi connectivity index (χ0) is 16.5. The quantitative estimate of drug-likeness (QED) is 0.494. The number of carbonyl (C=O) groups excluding carboxylic acids is 2. The Bertz CT molecular complexity index is 525. The highest BCUT2D eigenvalue weighted by Gasteiger charge is 2.18. The minimum atomic E-state index is -0.0645. The van der Waals surface area contributed by atoms with Crippen LogP contribution < -0.4 is 10.6 Å². The van der Waals surface area contributed by atoms with Crippen LogP contribution in [-0.2, 0) is 9.59 Å².